The van der Waals surface area contributed by atoms with Gasteiger partial charge in [-0.15, -0.1) is 5.10 Å². The van der Waals surface area contributed by atoms with E-state index in [0.717, 1.165) is 5.56 Å². The Hall–Kier alpha value is -2.44. The quantitative estimate of drug-likeness (QED) is 0.819. The summed E-state index contributed by atoms with van der Waals surface area (Å²) in [5.74, 6) is -1.60. The molecule has 0 radical (unpaired) electrons. The second-order valence-corrected chi connectivity index (χ2v) is 3.41. The highest BCUT2D eigenvalue weighted by Gasteiger charge is 2.15. The Labute approximate surface area is 95.5 Å². The van der Waals surface area contributed by atoms with Crippen LogP contribution in [-0.2, 0) is 6.54 Å². The SMILES string of the molecule is Nc1c(C(=O)O)nnn1Cc1ccc(F)cc1. The molecular weight excluding hydrogens is 227 g/mol. The van der Waals surface area contributed by atoms with Gasteiger partial charge in [0.2, 0.25) is 5.69 Å². The molecule has 0 amide bonds. The molecule has 2 aromatic rings. The number of nitrogens with two attached hydrogens (primary N) is 1. The number of aromatic nitrogens is 3. The summed E-state index contributed by atoms with van der Waals surface area (Å²) in [5, 5.41) is 15.8. The Morgan fingerprint density at radius 2 is 2.06 bits per heavy atom. The second-order valence-electron chi connectivity index (χ2n) is 3.41. The van der Waals surface area contributed by atoms with Gasteiger partial charge >= 0.3 is 5.97 Å². The van der Waals surface area contributed by atoms with Gasteiger partial charge in [0.25, 0.3) is 0 Å². The molecule has 1 aromatic heterocycles. The number of carbonyl (C=O) groups is 1. The number of halogens is 1. The molecule has 1 heterocycles. The zero-order valence-electron chi connectivity index (χ0n) is 8.67. The summed E-state index contributed by atoms with van der Waals surface area (Å²) in [7, 11) is 0. The Kier molecular flexibility index (Phi) is 2.73. The average Bonchev–Trinajstić information content (AvgIpc) is 2.64. The van der Waals surface area contributed by atoms with Gasteiger partial charge in [-0.1, -0.05) is 17.3 Å². The van der Waals surface area contributed by atoms with E-state index in [-0.39, 0.29) is 23.9 Å². The molecule has 3 N–H and O–H groups in total. The predicted molar refractivity (Wildman–Crippen MR) is 56.9 cm³/mol. The summed E-state index contributed by atoms with van der Waals surface area (Å²) in [6.07, 6.45) is 0. The number of rotatable bonds is 3. The van der Waals surface area contributed by atoms with Crippen molar-refractivity contribution in [1.29, 1.82) is 0 Å². The van der Waals surface area contributed by atoms with Gasteiger partial charge in [0.1, 0.15) is 5.82 Å². The first-order chi connectivity index (χ1) is 8.08. The van der Waals surface area contributed by atoms with Crippen LogP contribution in [0.15, 0.2) is 24.3 Å². The maximum absolute atomic E-state index is 12.7. The fourth-order valence-corrected chi connectivity index (χ4v) is 1.35. The van der Waals surface area contributed by atoms with Crippen molar-refractivity contribution in [3.05, 3.63) is 41.3 Å². The zero-order chi connectivity index (χ0) is 12.4. The number of hydrogen-bond donors (Lipinski definition) is 2. The van der Waals surface area contributed by atoms with Crippen LogP contribution in [0.25, 0.3) is 0 Å². The van der Waals surface area contributed by atoms with Gasteiger partial charge in [-0.25, -0.2) is 13.9 Å². The van der Waals surface area contributed by atoms with E-state index in [1.54, 1.807) is 12.1 Å². The standard InChI is InChI=1S/C10H9FN4O2/c11-7-3-1-6(2-4-7)5-15-9(12)8(10(16)17)13-14-15/h1-4H,5,12H2,(H,16,17). The van der Waals surface area contributed by atoms with Crippen LogP contribution in [0.2, 0.25) is 0 Å². The van der Waals surface area contributed by atoms with Gasteiger partial charge in [-0.05, 0) is 17.7 Å². The van der Waals surface area contributed by atoms with Gasteiger partial charge in [0.05, 0.1) is 6.54 Å². The summed E-state index contributed by atoms with van der Waals surface area (Å²) in [5.41, 5.74) is 6.03. The van der Waals surface area contributed by atoms with Crippen molar-refractivity contribution in [1.82, 2.24) is 15.0 Å². The third-order valence-corrected chi connectivity index (χ3v) is 2.22. The molecule has 88 valence electrons. The van der Waals surface area contributed by atoms with Crippen molar-refractivity contribution >= 4 is 11.8 Å². The number of aromatic carboxylic acids is 1. The van der Waals surface area contributed by atoms with Gasteiger partial charge < -0.3 is 10.8 Å². The molecule has 0 bridgehead atoms. The summed E-state index contributed by atoms with van der Waals surface area (Å²) in [4.78, 5) is 10.7. The van der Waals surface area contributed by atoms with Crippen LogP contribution in [0.1, 0.15) is 16.1 Å². The van der Waals surface area contributed by atoms with E-state index >= 15 is 0 Å². The van der Waals surface area contributed by atoms with E-state index in [1.165, 1.54) is 16.8 Å². The molecular formula is C10H9FN4O2. The van der Waals surface area contributed by atoms with E-state index in [9.17, 15) is 9.18 Å². The molecule has 1 aromatic carbocycles. The van der Waals surface area contributed by atoms with Crippen molar-refractivity contribution in [2.75, 3.05) is 5.73 Å². The molecule has 0 atom stereocenters. The van der Waals surface area contributed by atoms with Crippen molar-refractivity contribution in [3.63, 3.8) is 0 Å². The van der Waals surface area contributed by atoms with Crippen molar-refractivity contribution in [2.24, 2.45) is 0 Å². The first-order valence-electron chi connectivity index (χ1n) is 4.74. The second kappa shape index (κ2) is 4.20. The van der Waals surface area contributed by atoms with Crippen molar-refractivity contribution < 1.29 is 14.3 Å². The molecule has 0 saturated carbocycles. The van der Waals surface area contributed by atoms with Crippen LogP contribution < -0.4 is 5.73 Å². The smallest absolute Gasteiger partial charge is 0.360 e. The molecule has 0 spiro atoms. The Balaban J connectivity index is 2.24. The Bertz CT molecular complexity index is 550. The zero-order valence-corrected chi connectivity index (χ0v) is 8.67. The average molecular weight is 236 g/mol. The number of carboxylic acids is 1. The van der Waals surface area contributed by atoms with Gasteiger partial charge in [-0.2, -0.15) is 0 Å². The van der Waals surface area contributed by atoms with E-state index in [2.05, 4.69) is 10.3 Å². The molecule has 2 rings (SSSR count). The third-order valence-electron chi connectivity index (χ3n) is 2.22. The molecule has 17 heavy (non-hydrogen) atoms. The Morgan fingerprint density at radius 3 is 2.59 bits per heavy atom. The van der Waals surface area contributed by atoms with Crippen LogP contribution in [-0.4, -0.2) is 26.1 Å². The van der Waals surface area contributed by atoms with Gasteiger partial charge in [-0.3, -0.25) is 0 Å². The maximum atomic E-state index is 12.7. The van der Waals surface area contributed by atoms with E-state index in [0.29, 0.717) is 0 Å². The lowest BCUT2D eigenvalue weighted by Gasteiger charge is -2.02. The molecule has 0 aliphatic carbocycles. The first-order valence-corrected chi connectivity index (χ1v) is 4.74. The lowest BCUT2D eigenvalue weighted by Crippen LogP contribution is -2.08. The van der Waals surface area contributed by atoms with Crippen LogP contribution in [0.4, 0.5) is 10.2 Å². The fourth-order valence-electron chi connectivity index (χ4n) is 1.35. The van der Waals surface area contributed by atoms with E-state index in [4.69, 9.17) is 10.8 Å². The lowest BCUT2D eigenvalue weighted by molar-refractivity contribution is 0.0691. The summed E-state index contributed by atoms with van der Waals surface area (Å²) in [6, 6.07) is 5.74. The highest BCUT2D eigenvalue weighted by Crippen LogP contribution is 2.11. The number of hydrogen-bond acceptors (Lipinski definition) is 4. The van der Waals surface area contributed by atoms with Crippen LogP contribution in [0.3, 0.4) is 0 Å². The summed E-state index contributed by atoms with van der Waals surface area (Å²) in [6.45, 7) is 0.242. The van der Waals surface area contributed by atoms with Gasteiger partial charge in [0.15, 0.2) is 5.82 Å². The van der Waals surface area contributed by atoms with Crippen LogP contribution >= 0.6 is 0 Å². The molecule has 6 nitrogen and oxygen atoms in total. The number of benzene rings is 1. The largest absolute Gasteiger partial charge is 0.476 e. The minimum Gasteiger partial charge on any atom is -0.476 e. The molecule has 0 aliphatic heterocycles. The van der Waals surface area contributed by atoms with Crippen molar-refractivity contribution in [3.8, 4) is 0 Å². The summed E-state index contributed by atoms with van der Waals surface area (Å²) < 4.78 is 13.9. The number of nitrogen functional groups attached to an aromatic ring is 1. The molecule has 0 unspecified atom stereocenters. The molecule has 7 heteroatoms. The topological polar surface area (TPSA) is 94.0 Å². The van der Waals surface area contributed by atoms with Crippen LogP contribution in [0.5, 0.6) is 0 Å². The third kappa shape index (κ3) is 2.22. The van der Waals surface area contributed by atoms with Gasteiger partial charge in [0, 0.05) is 0 Å². The van der Waals surface area contributed by atoms with Crippen molar-refractivity contribution in [2.45, 2.75) is 6.54 Å². The van der Waals surface area contributed by atoms with E-state index in [1.807, 2.05) is 0 Å². The monoisotopic (exact) mass is 236 g/mol. The normalized spacial score (nSPS) is 10.4. The predicted octanol–water partition coefficient (Wildman–Crippen LogP) is 0.746. The number of nitrogens with zero attached hydrogens (tertiary/aromatic N) is 3. The van der Waals surface area contributed by atoms with E-state index < -0.39 is 5.97 Å². The highest BCUT2D eigenvalue weighted by molar-refractivity contribution is 5.90. The minimum atomic E-state index is -1.23. The first kappa shape index (κ1) is 11.1. The Morgan fingerprint density at radius 1 is 1.41 bits per heavy atom. The number of carboxylic acid groups (broad SMARTS) is 1. The number of anilines is 1. The molecule has 0 fully saturated rings. The summed E-state index contributed by atoms with van der Waals surface area (Å²) >= 11 is 0. The lowest BCUT2D eigenvalue weighted by atomic mass is 10.2. The maximum Gasteiger partial charge on any atom is 0.360 e. The minimum absolute atomic E-state index is 0.0261. The molecule has 0 aliphatic rings. The highest BCUT2D eigenvalue weighted by atomic mass is 19.1. The molecule has 0 saturated heterocycles. The fraction of sp³-hybridized carbons (Fsp3) is 0.100. The van der Waals surface area contributed by atoms with Crippen LogP contribution in [0, 0.1) is 5.82 Å².